The topological polar surface area (TPSA) is 55.1 Å². The van der Waals surface area contributed by atoms with Crippen LogP contribution in [-0.2, 0) is 4.79 Å². The maximum absolute atomic E-state index is 10.3. The molecule has 0 radical (unpaired) electrons. The number of halogens is 1. The summed E-state index contributed by atoms with van der Waals surface area (Å²) in [6.07, 6.45) is 3.00. The van der Waals surface area contributed by atoms with Gasteiger partial charge in [0.1, 0.15) is 0 Å². The van der Waals surface area contributed by atoms with E-state index in [1.807, 2.05) is 0 Å². The molecule has 0 fully saturated rings. The number of carbonyl (C=O) groups excluding carboxylic acids is 1. The molecule has 1 amide bonds. The third-order valence-corrected chi connectivity index (χ3v) is 0.652. The highest BCUT2D eigenvalue weighted by molar-refractivity contribution is 5.87. The molecule has 0 unspecified atom stereocenters. The molecule has 0 aromatic rings. The summed E-state index contributed by atoms with van der Waals surface area (Å²) in [6.45, 7) is 0.410. The molecule has 0 atom stereocenters. The Kier molecular flexibility index (Phi) is 9.35. The predicted octanol–water partition coefficient (Wildman–Crippen LogP) is -0.331. The molecule has 0 rings (SSSR count). The fourth-order valence-corrected chi connectivity index (χ4v) is 0.258. The van der Waals surface area contributed by atoms with Crippen LogP contribution in [-0.4, -0.2) is 19.5 Å². The lowest BCUT2D eigenvalue weighted by atomic mass is 10.5. The number of rotatable bonds is 2. The SMILES string of the molecule is CNC(=O)C=CCN.Cl. The monoisotopic (exact) mass is 150 g/mol. The number of hydrogen-bond donors (Lipinski definition) is 2. The number of likely N-dealkylation sites (N-methyl/N-ethyl adjacent to an activating group) is 1. The van der Waals surface area contributed by atoms with Gasteiger partial charge in [-0.2, -0.15) is 0 Å². The summed E-state index contributed by atoms with van der Waals surface area (Å²) in [6, 6.07) is 0. The zero-order chi connectivity index (χ0) is 6.41. The van der Waals surface area contributed by atoms with Crippen molar-refractivity contribution in [3.05, 3.63) is 12.2 Å². The van der Waals surface area contributed by atoms with Gasteiger partial charge in [0.2, 0.25) is 5.91 Å². The number of hydrogen-bond acceptors (Lipinski definition) is 2. The Bertz CT molecular complexity index is 103. The van der Waals surface area contributed by atoms with E-state index in [0.29, 0.717) is 6.54 Å². The van der Waals surface area contributed by atoms with E-state index < -0.39 is 0 Å². The van der Waals surface area contributed by atoms with Crippen molar-refractivity contribution in [2.24, 2.45) is 5.73 Å². The van der Waals surface area contributed by atoms with Crippen molar-refractivity contribution in [1.29, 1.82) is 0 Å². The van der Waals surface area contributed by atoms with Crippen LogP contribution in [0.15, 0.2) is 12.2 Å². The van der Waals surface area contributed by atoms with Crippen molar-refractivity contribution in [3.8, 4) is 0 Å². The first-order valence-corrected chi connectivity index (χ1v) is 2.39. The molecule has 0 aromatic heterocycles. The Morgan fingerprint density at radius 3 is 2.67 bits per heavy atom. The van der Waals surface area contributed by atoms with Gasteiger partial charge in [0.05, 0.1) is 0 Å². The van der Waals surface area contributed by atoms with Gasteiger partial charge in [-0.3, -0.25) is 4.79 Å². The number of nitrogens with one attached hydrogen (secondary N) is 1. The third kappa shape index (κ3) is 7.46. The third-order valence-electron chi connectivity index (χ3n) is 0.652. The Labute approximate surface area is 60.7 Å². The molecule has 0 aliphatic heterocycles. The molecule has 0 spiro atoms. The quantitative estimate of drug-likeness (QED) is 0.530. The molecule has 0 bridgehead atoms. The Hall–Kier alpha value is -0.540. The fraction of sp³-hybridized carbons (Fsp3) is 0.400. The number of carbonyl (C=O) groups is 1. The molecule has 3 nitrogen and oxygen atoms in total. The van der Waals surface area contributed by atoms with Crippen molar-refractivity contribution in [1.82, 2.24) is 5.32 Å². The normalized spacial score (nSPS) is 8.67. The van der Waals surface area contributed by atoms with Crippen LogP contribution >= 0.6 is 12.4 Å². The fourth-order valence-electron chi connectivity index (χ4n) is 0.258. The Balaban J connectivity index is 0. The minimum atomic E-state index is -0.115. The van der Waals surface area contributed by atoms with Crippen LogP contribution in [0.3, 0.4) is 0 Å². The lowest BCUT2D eigenvalue weighted by Gasteiger charge is -1.86. The highest BCUT2D eigenvalue weighted by atomic mass is 35.5. The van der Waals surface area contributed by atoms with E-state index in [4.69, 9.17) is 5.73 Å². The molecule has 0 aliphatic carbocycles. The second-order valence-electron chi connectivity index (χ2n) is 1.25. The average molecular weight is 151 g/mol. The van der Waals surface area contributed by atoms with Gasteiger partial charge in [-0.05, 0) is 0 Å². The van der Waals surface area contributed by atoms with E-state index in [-0.39, 0.29) is 18.3 Å². The summed E-state index contributed by atoms with van der Waals surface area (Å²) in [5.41, 5.74) is 5.06. The van der Waals surface area contributed by atoms with Crippen molar-refractivity contribution < 1.29 is 4.79 Å². The second kappa shape index (κ2) is 7.46. The van der Waals surface area contributed by atoms with Crippen LogP contribution < -0.4 is 11.1 Å². The van der Waals surface area contributed by atoms with Crippen molar-refractivity contribution in [2.75, 3.05) is 13.6 Å². The van der Waals surface area contributed by atoms with Gasteiger partial charge >= 0.3 is 0 Å². The van der Waals surface area contributed by atoms with Crippen LogP contribution in [0.5, 0.6) is 0 Å². The zero-order valence-corrected chi connectivity index (χ0v) is 6.07. The number of nitrogens with two attached hydrogens (primary N) is 1. The molecular formula is C5H11ClN2O. The highest BCUT2D eigenvalue weighted by Crippen LogP contribution is 1.66. The van der Waals surface area contributed by atoms with Gasteiger partial charge in [-0.25, -0.2) is 0 Å². The molecule has 9 heavy (non-hydrogen) atoms. The minimum absolute atomic E-state index is 0. The van der Waals surface area contributed by atoms with E-state index in [1.54, 1.807) is 13.1 Å². The molecule has 0 saturated carbocycles. The first-order chi connectivity index (χ1) is 3.81. The second-order valence-corrected chi connectivity index (χ2v) is 1.25. The molecule has 54 valence electrons. The van der Waals surface area contributed by atoms with Crippen LogP contribution in [0.2, 0.25) is 0 Å². The van der Waals surface area contributed by atoms with Gasteiger partial charge in [-0.15, -0.1) is 12.4 Å². The van der Waals surface area contributed by atoms with Gasteiger partial charge in [0, 0.05) is 19.7 Å². The van der Waals surface area contributed by atoms with Gasteiger partial charge < -0.3 is 11.1 Å². The molecule has 0 aromatic carbocycles. The summed E-state index contributed by atoms with van der Waals surface area (Å²) in [7, 11) is 1.57. The number of amides is 1. The Morgan fingerprint density at radius 2 is 2.33 bits per heavy atom. The predicted molar refractivity (Wildman–Crippen MR) is 39.5 cm³/mol. The van der Waals surface area contributed by atoms with E-state index in [0.717, 1.165) is 0 Å². The lowest BCUT2D eigenvalue weighted by molar-refractivity contribution is -0.116. The molecule has 4 heteroatoms. The van der Waals surface area contributed by atoms with Gasteiger partial charge in [0.25, 0.3) is 0 Å². The largest absolute Gasteiger partial charge is 0.356 e. The minimum Gasteiger partial charge on any atom is -0.356 e. The zero-order valence-electron chi connectivity index (χ0n) is 5.26. The lowest BCUT2D eigenvalue weighted by Crippen LogP contribution is -2.14. The summed E-state index contributed by atoms with van der Waals surface area (Å²) >= 11 is 0. The molecular weight excluding hydrogens is 140 g/mol. The molecule has 0 saturated heterocycles. The molecule has 3 N–H and O–H groups in total. The molecule has 0 heterocycles. The summed E-state index contributed by atoms with van der Waals surface area (Å²) < 4.78 is 0. The van der Waals surface area contributed by atoms with Crippen LogP contribution in [0.4, 0.5) is 0 Å². The van der Waals surface area contributed by atoms with E-state index in [2.05, 4.69) is 5.32 Å². The van der Waals surface area contributed by atoms with Gasteiger partial charge in [-0.1, -0.05) is 6.08 Å². The van der Waals surface area contributed by atoms with Crippen LogP contribution in [0.25, 0.3) is 0 Å². The summed E-state index contributed by atoms with van der Waals surface area (Å²) in [5.74, 6) is -0.115. The van der Waals surface area contributed by atoms with Crippen molar-refractivity contribution in [2.45, 2.75) is 0 Å². The maximum Gasteiger partial charge on any atom is 0.243 e. The van der Waals surface area contributed by atoms with E-state index in [1.165, 1.54) is 6.08 Å². The van der Waals surface area contributed by atoms with Crippen molar-refractivity contribution in [3.63, 3.8) is 0 Å². The van der Waals surface area contributed by atoms with Gasteiger partial charge in [0.15, 0.2) is 0 Å². The first-order valence-electron chi connectivity index (χ1n) is 2.39. The average Bonchev–Trinajstić information content (AvgIpc) is 1.83. The standard InChI is InChI=1S/C5H10N2O.ClH/c1-7-5(8)3-2-4-6;/h2-3H,4,6H2,1H3,(H,7,8);1H. The smallest absolute Gasteiger partial charge is 0.243 e. The van der Waals surface area contributed by atoms with E-state index >= 15 is 0 Å². The summed E-state index contributed by atoms with van der Waals surface area (Å²) in [4.78, 5) is 10.3. The summed E-state index contributed by atoms with van der Waals surface area (Å²) in [5, 5.41) is 2.42. The van der Waals surface area contributed by atoms with Crippen molar-refractivity contribution >= 4 is 18.3 Å². The molecule has 0 aliphatic rings. The van der Waals surface area contributed by atoms with Crippen LogP contribution in [0.1, 0.15) is 0 Å². The van der Waals surface area contributed by atoms with Crippen LogP contribution in [0, 0.1) is 0 Å². The van der Waals surface area contributed by atoms with E-state index in [9.17, 15) is 4.79 Å². The first kappa shape index (κ1) is 11.3. The Morgan fingerprint density at radius 1 is 1.78 bits per heavy atom. The maximum atomic E-state index is 10.3. The highest BCUT2D eigenvalue weighted by Gasteiger charge is 1.82.